The van der Waals surface area contributed by atoms with Crippen molar-refractivity contribution in [3.63, 3.8) is 0 Å². The van der Waals surface area contributed by atoms with E-state index >= 15 is 0 Å². The van der Waals surface area contributed by atoms with Crippen molar-refractivity contribution in [2.75, 3.05) is 4.72 Å². The van der Waals surface area contributed by atoms with E-state index < -0.39 is 0 Å². The Hall–Kier alpha value is -2.20. The quantitative estimate of drug-likeness (QED) is 0.618. The molecule has 0 saturated heterocycles. The first-order chi connectivity index (χ1) is 10.8. The van der Waals surface area contributed by atoms with E-state index in [4.69, 9.17) is 4.52 Å². The molecule has 1 N–H and O–H groups in total. The van der Waals surface area contributed by atoms with Crippen molar-refractivity contribution in [2.45, 2.75) is 25.7 Å². The molecule has 1 aromatic heterocycles. The van der Waals surface area contributed by atoms with Crippen molar-refractivity contribution in [3.05, 3.63) is 66.2 Å². The molecule has 0 saturated carbocycles. The normalized spacial score (nSPS) is 9.77. The lowest BCUT2D eigenvalue weighted by Crippen LogP contribution is -1.86. The first kappa shape index (κ1) is 16.2. The van der Waals surface area contributed by atoms with Gasteiger partial charge in [-0.25, -0.2) is 0 Å². The molecule has 4 heteroatoms. The average Bonchev–Trinajstić information content (AvgIpc) is 3.05. The van der Waals surface area contributed by atoms with Crippen LogP contribution in [0.3, 0.4) is 0 Å². The van der Waals surface area contributed by atoms with Crippen LogP contribution in [0, 0.1) is 6.92 Å². The van der Waals surface area contributed by atoms with Crippen LogP contribution in [0.4, 0.5) is 5.82 Å². The smallest absolute Gasteiger partial charge is 0.180 e. The predicted octanol–water partition coefficient (Wildman–Crippen LogP) is 5.80. The van der Waals surface area contributed by atoms with E-state index in [1.54, 1.807) is 0 Å². The molecule has 0 aliphatic heterocycles. The first-order valence-corrected chi connectivity index (χ1v) is 8.14. The maximum Gasteiger partial charge on any atom is 0.180 e. The summed E-state index contributed by atoms with van der Waals surface area (Å²) in [6.45, 7) is 6.08. The van der Waals surface area contributed by atoms with Gasteiger partial charge in [-0.05, 0) is 36.6 Å². The summed E-state index contributed by atoms with van der Waals surface area (Å²) in [5.74, 6) is 1.48. The van der Waals surface area contributed by atoms with Crippen molar-refractivity contribution in [2.24, 2.45) is 0 Å². The molecule has 0 radical (unpaired) electrons. The fourth-order valence-electron chi connectivity index (χ4n) is 1.85. The summed E-state index contributed by atoms with van der Waals surface area (Å²) in [7, 11) is 0. The number of benzene rings is 2. The summed E-state index contributed by atoms with van der Waals surface area (Å²) >= 11 is 1.52. The molecule has 3 aromatic rings. The molecule has 0 fully saturated rings. The molecule has 3 nitrogen and oxygen atoms in total. The molecule has 0 spiro atoms. The number of aryl methyl sites for hydroxylation is 1. The van der Waals surface area contributed by atoms with E-state index in [0.29, 0.717) is 0 Å². The van der Waals surface area contributed by atoms with Crippen molar-refractivity contribution >= 4 is 17.8 Å². The van der Waals surface area contributed by atoms with E-state index in [-0.39, 0.29) is 0 Å². The molecule has 22 heavy (non-hydrogen) atoms. The summed E-state index contributed by atoms with van der Waals surface area (Å²) in [5.41, 5.74) is 2.26. The van der Waals surface area contributed by atoms with E-state index in [1.165, 1.54) is 17.5 Å². The highest BCUT2D eigenvalue weighted by molar-refractivity contribution is 8.00. The number of nitrogens with one attached hydrogen (secondary N) is 1. The maximum absolute atomic E-state index is 5.34. The molecule has 0 atom stereocenters. The second kappa shape index (κ2) is 8.29. The third kappa shape index (κ3) is 4.40. The van der Waals surface area contributed by atoms with E-state index in [0.717, 1.165) is 22.0 Å². The first-order valence-electron chi connectivity index (χ1n) is 7.33. The van der Waals surface area contributed by atoms with Crippen LogP contribution in [0.5, 0.6) is 0 Å². The van der Waals surface area contributed by atoms with E-state index in [9.17, 15) is 0 Å². The van der Waals surface area contributed by atoms with Gasteiger partial charge >= 0.3 is 0 Å². The zero-order valence-corrected chi connectivity index (χ0v) is 13.9. The van der Waals surface area contributed by atoms with Crippen molar-refractivity contribution in [3.8, 4) is 11.3 Å². The number of hydrogen-bond donors (Lipinski definition) is 1. The number of aromatic nitrogens is 1. The van der Waals surface area contributed by atoms with Gasteiger partial charge in [0.05, 0.1) is 0 Å². The Labute approximate surface area is 135 Å². The topological polar surface area (TPSA) is 38.1 Å². The Kier molecular flexibility index (Phi) is 6.10. The van der Waals surface area contributed by atoms with Crippen LogP contribution in [-0.2, 0) is 0 Å². The fourth-order valence-corrected chi connectivity index (χ4v) is 2.56. The Morgan fingerprint density at radius 3 is 2.45 bits per heavy atom. The third-order valence-electron chi connectivity index (χ3n) is 2.83. The molecular formula is C18H20N2OS. The van der Waals surface area contributed by atoms with Crippen LogP contribution < -0.4 is 4.72 Å². The van der Waals surface area contributed by atoms with Gasteiger partial charge in [-0.15, -0.1) is 0 Å². The molecule has 0 bridgehead atoms. The molecule has 1 heterocycles. The van der Waals surface area contributed by atoms with Gasteiger partial charge in [-0.1, -0.05) is 61.5 Å². The Bertz CT molecular complexity index is 695. The third-order valence-corrected chi connectivity index (χ3v) is 3.63. The number of anilines is 1. The molecule has 0 unspecified atom stereocenters. The van der Waals surface area contributed by atoms with E-state index in [2.05, 4.69) is 35.0 Å². The van der Waals surface area contributed by atoms with Crippen molar-refractivity contribution < 1.29 is 4.52 Å². The summed E-state index contributed by atoms with van der Waals surface area (Å²) in [6, 6.07) is 20.1. The number of hydrogen-bond acceptors (Lipinski definition) is 4. The minimum atomic E-state index is 0.718. The van der Waals surface area contributed by atoms with E-state index in [1.807, 2.05) is 56.3 Å². The lowest BCUT2D eigenvalue weighted by atomic mass is 10.2. The zero-order valence-electron chi connectivity index (χ0n) is 13.0. The van der Waals surface area contributed by atoms with Gasteiger partial charge in [0.15, 0.2) is 11.6 Å². The summed E-state index contributed by atoms with van der Waals surface area (Å²) in [5, 5.41) is 4.02. The summed E-state index contributed by atoms with van der Waals surface area (Å²) < 4.78 is 8.53. The number of rotatable bonds is 4. The largest absolute Gasteiger partial charge is 0.354 e. The van der Waals surface area contributed by atoms with Gasteiger partial charge < -0.3 is 9.25 Å². The van der Waals surface area contributed by atoms with Crippen molar-refractivity contribution in [1.82, 2.24) is 5.16 Å². The Morgan fingerprint density at radius 1 is 0.955 bits per heavy atom. The van der Waals surface area contributed by atoms with Gasteiger partial charge in [0, 0.05) is 16.5 Å². The van der Waals surface area contributed by atoms with Crippen LogP contribution in [0.25, 0.3) is 11.3 Å². The minimum absolute atomic E-state index is 0.718. The highest BCUT2D eigenvalue weighted by Crippen LogP contribution is 2.25. The highest BCUT2D eigenvalue weighted by Gasteiger charge is 2.06. The Balaban J connectivity index is 0.000000847. The monoisotopic (exact) mass is 312 g/mol. The SMILES string of the molecule is CC.Cc1cccc(SNc2cc(-c3ccccc3)on2)c1. The lowest BCUT2D eigenvalue weighted by molar-refractivity contribution is 0.436. The molecular weight excluding hydrogens is 292 g/mol. The standard InChI is InChI=1S/C16H14N2OS.C2H6/c1-12-6-5-9-14(10-12)20-18-16-11-15(19-17-16)13-7-3-2-4-8-13;1-2/h2-11H,1H3,(H,17,18);1-2H3. The number of nitrogens with zero attached hydrogens (tertiary/aromatic N) is 1. The molecule has 0 aliphatic rings. The highest BCUT2D eigenvalue weighted by atomic mass is 32.2. The second-order valence-electron chi connectivity index (χ2n) is 4.46. The average molecular weight is 312 g/mol. The molecule has 0 amide bonds. The van der Waals surface area contributed by atoms with Gasteiger partial charge in [0.25, 0.3) is 0 Å². The molecule has 0 aliphatic carbocycles. The fraction of sp³-hybridized carbons (Fsp3) is 0.167. The van der Waals surface area contributed by atoms with Crippen molar-refractivity contribution in [1.29, 1.82) is 0 Å². The van der Waals surface area contributed by atoms with Crippen LogP contribution in [-0.4, -0.2) is 5.16 Å². The van der Waals surface area contributed by atoms with Crippen LogP contribution >= 0.6 is 11.9 Å². The van der Waals surface area contributed by atoms with Crippen LogP contribution in [0.2, 0.25) is 0 Å². The van der Waals surface area contributed by atoms with Gasteiger partial charge in [-0.2, -0.15) is 0 Å². The Morgan fingerprint density at radius 2 is 1.73 bits per heavy atom. The van der Waals surface area contributed by atoms with Crippen LogP contribution in [0.1, 0.15) is 19.4 Å². The predicted molar refractivity (Wildman–Crippen MR) is 93.9 cm³/mol. The summed E-state index contributed by atoms with van der Waals surface area (Å²) in [6.07, 6.45) is 0. The molecule has 2 aromatic carbocycles. The lowest BCUT2D eigenvalue weighted by Gasteiger charge is -2.01. The summed E-state index contributed by atoms with van der Waals surface area (Å²) in [4.78, 5) is 1.15. The maximum atomic E-state index is 5.34. The second-order valence-corrected chi connectivity index (χ2v) is 5.34. The molecule has 3 rings (SSSR count). The van der Waals surface area contributed by atoms with Gasteiger partial charge in [0.1, 0.15) is 0 Å². The zero-order chi connectivity index (χ0) is 15.8. The van der Waals surface area contributed by atoms with Gasteiger partial charge in [-0.3, -0.25) is 0 Å². The molecule has 114 valence electrons. The minimum Gasteiger partial charge on any atom is -0.354 e. The van der Waals surface area contributed by atoms with Crippen LogP contribution in [0.15, 0.2) is 70.1 Å². The van der Waals surface area contributed by atoms with Gasteiger partial charge in [0.2, 0.25) is 0 Å².